The summed E-state index contributed by atoms with van der Waals surface area (Å²) in [6.45, 7) is 3.05. The van der Waals surface area contributed by atoms with Crippen LogP contribution in [0.2, 0.25) is 0 Å². The van der Waals surface area contributed by atoms with Crippen molar-refractivity contribution in [2.75, 3.05) is 0 Å². The van der Waals surface area contributed by atoms with Crippen LogP contribution in [-0.4, -0.2) is 19.2 Å². The lowest BCUT2D eigenvalue weighted by atomic mass is 10.2. The SMILES string of the molecule is CC(=O)c1ccc(CS(N)(=O)=O)c(C)n1. The van der Waals surface area contributed by atoms with Gasteiger partial charge in [0.2, 0.25) is 10.0 Å². The topological polar surface area (TPSA) is 90.1 Å². The molecule has 0 fully saturated rings. The number of primary sulfonamides is 1. The van der Waals surface area contributed by atoms with Crippen molar-refractivity contribution in [1.82, 2.24) is 4.98 Å². The maximum absolute atomic E-state index is 11.0. The molecule has 0 saturated carbocycles. The quantitative estimate of drug-likeness (QED) is 0.757. The highest BCUT2D eigenvalue weighted by atomic mass is 32.2. The second-order valence-electron chi connectivity index (χ2n) is 3.30. The number of Topliss-reactive ketones (excluding diaryl/α,β-unsaturated/α-hetero) is 1. The Morgan fingerprint density at radius 1 is 1.47 bits per heavy atom. The highest BCUT2D eigenvalue weighted by Gasteiger charge is 2.10. The minimum Gasteiger partial charge on any atom is -0.293 e. The van der Waals surface area contributed by atoms with E-state index in [2.05, 4.69) is 4.98 Å². The van der Waals surface area contributed by atoms with Gasteiger partial charge in [-0.3, -0.25) is 4.79 Å². The van der Waals surface area contributed by atoms with Crippen LogP contribution in [0.4, 0.5) is 0 Å². The van der Waals surface area contributed by atoms with Crippen LogP contribution in [0.5, 0.6) is 0 Å². The first kappa shape index (κ1) is 11.8. The maximum Gasteiger partial charge on any atom is 0.213 e. The number of aromatic nitrogens is 1. The van der Waals surface area contributed by atoms with Crippen LogP contribution in [0.25, 0.3) is 0 Å². The Labute approximate surface area is 88.4 Å². The minimum atomic E-state index is -3.56. The molecule has 6 heteroatoms. The summed E-state index contributed by atoms with van der Waals surface area (Å²) in [5.41, 5.74) is 1.35. The van der Waals surface area contributed by atoms with Crippen molar-refractivity contribution in [3.8, 4) is 0 Å². The summed E-state index contributed by atoms with van der Waals surface area (Å²) in [6.07, 6.45) is 0. The van der Waals surface area contributed by atoms with Gasteiger partial charge in [-0.25, -0.2) is 18.5 Å². The fourth-order valence-electron chi connectivity index (χ4n) is 1.16. The van der Waals surface area contributed by atoms with Gasteiger partial charge >= 0.3 is 0 Å². The highest BCUT2D eigenvalue weighted by molar-refractivity contribution is 7.88. The molecule has 0 aliphatic heterocycles. The van der Waals surface area contributed by atoms with E-state index in [0.29, 0.717) is 17.0 Å². The van der Waals surface area contributed by atoms with Crippen molar-refractivity contribution in [3.05, 3.63) is 29.1 Å². The summed E-state index contributed by atoms with van der Waals surface area (Å²) in [4.78, 5) is 15.0. The molecule has 1 aromatic heterocycles. The molecule has 0 bridgehead atoms. The Morgan fingerprint density at radius 2 is 2.07 bits per heavy atom. The van der Waals surface area contributed by atoms with Crippen molar-refractivity contribution in [1.29, 1.82) is 0 Å². The van der Waals surface area contributed by atoms with E-state index >= 15 is 0 Å². The molecule has 0 radical (unpaired) electrons. The third kappa shape index (κ3) is 3.41. The smallest absolute Gasteiger partial charge is 0.213 e. The van der Waals surface area contributed by atoms with E-state index in [9.17, 15) is 13.2 Å². The zero-order valence-electron chi connectivity index (χ0n) is 8.52. The zero-order valence-corrected chi connectivity index (χ0v) is 9.34. The monoisotopic (exact) mass is 228 g/mol. The summed E-state index contributed by atoms with van der Waals surface area (Å²) in [5, 5.41) is 4.91. The third-order valence-corrected chi connectivity index (χ3v) is 2.63. The van der Waals surface area contributed by atoms with Gasteiger partial charge in [0.15, 0.2) is 5.78 Å². The van der Waals surface area contributed by atoms with Gasteiger partial charge < -0.3 is 0 Å². The summed E-state index contributed by atoms with van der Waals surface area (Å²) < 4.78 is 21.7. The van der Waals surface area contributed by atoms with Gasteiger partial charge in [0, 0.05) is 12.6 Å². The number of hydrogen-bond acceptors (Lipinski definition) is 4. The first-order valence-electron chi connectivity index (χ1n) is 4.27. The molecule has 0 unspecified atom stereocenters. The van der Waals surface area contributed by atoms with Crippen LogP contribution in [0.3, 0.4) is 0 Å². The number of aryl methyl sites for hydroxylation is 1. The number of pyridine rings is 1. The lowest BCUT2D eigenvalue weighted by molar-refractivity contribution is 0.101. The second kappa shape index (κ2) is 4.08. The van der Waals surface area contributed by atoms with Crippen LogP contribution in [0, 0.1) is 6.92 Å². The highest BCUT2D eigenvalue weighted by Crippen LogP contribution is 2.09. The zero-order chi connectivity index (χ0) is 11.6. The average Bonchev–Trinajstić information content (AvgIpc) is 2.05. The summed E-state index contributed by atoms with van der Waals surface area (Å²) >= 11 is 0. The number of carbonyl (C=O) groups is 1. The fraction of sp³-hybridized carbons (Fsp3) is 0.333. The van der Waals surface area contributed by atoms with Crippen molar-refractivity contribution in [3.63, 3.8) is 0 Å². The molecule has 1 aromatic rings. The molecule has 0 saturated heterocycles. The normalized spacial score (nSPS) is 11.4. The second-order valence-corrected chi connectivity index (χ2v) is 4.92. The minimum absolute atomic E-state index is 0.153. The van der Waals surface area contributed by atoms with Crippen LogP contribution in [-0.2, 0) is 15.8 Å². The number of nitrogens with two attached hydrogens (primary N) is 1. The molecule has 0 amide bonds. The Balaban J connectivity index is 3.09. The molecule has 0 aromatic carbocycles. The molecular weight excluding hydrogens is 216 g/mol. The summed E-state index contributed by atoms with van der Waals surface area (Å²) in [6, 6.07) is 3.05. The molecule has 15 heavy (non-hydrogen) atoms. The van der Waals surface area contributed by atoms with Gasteiger partial charge in [0.05, 0.1) is 5.75 Å². The van der Waals surface area contributed by atoms with E-state index in [0.717, 1.165) is 0 Å². The van der Waals surface area contributed by atoms with Crippen LogP contribution in [0.1, 0.15) is 28.7 Å². The first-order chi connectivity index (χ1) is 6.79. The lowest BCUT2D eigenvalue weighted by Gasteiger charge is -2.04. The van der Waals surface area contributed by atoms with Crippen LogP contribution in [0.15, 0.2) is 12.1 Å². The first-order valence-corrected chi connectivity index (χ1v) is 5.99. The molecular formula is C9H12N2O3S. The van der Waals surface area contributed by atoms with E-state index in [1.165, 1.54) is 13.0 Å². The fourth-order valence-corrected chi connectivity index (χ4v) is 1.89. The van der Waals surface area contributed by atoms with Crippen molar-refractivity contribution in [2.24, 2.45) is 5.14 Å². The van der Waals surface area contributed by atoms with Gasteiger partial charge in [-0.15, -0.1) is 0 Å². The number of sulfonamides is 1. The van der Waals surface area contributed by atoms with Gasteiger partial charge in [-0.2, -0.15) is 0 Å². The van der Waals surface area contributed by atoms with E-state index in [1.54, 1.807) is 13.0 Å². The molecule has 82 valence electrons. The molecule has 0 aliphatic rings. The van der Waals surface area contributed by atoms with E-state index < -0.39 is 10.0 Å². The molecule has 1 heterocycles. The van der Waals surface area contributed by atoms with Crippen molar-refractivity contribution in [2.45, 2.75) is 19.6 Å². The van der Waals surface area contributed by atoms with Crippen LogP contribution >= 0.6 is 0 Å². The number of ketones is 1. The number of hydrogen-bond donors (Lipinski definition) is 1. The Bertz CT molecular complexity index is 494. The number of nitrogens with zero attached hydrogens (tertiary/aromatic N) is 1. The Hall–Kier alpha value is -1.27. The van der Waals surface area contributed by atoms with Gasteiger partial charge in [0.1, 0.15) is 5.69 Å². The molecule has 0 aliphatic carbocycles. The molecule has 0 spiro atoms. The number of carbonyl (C=O) groups excluding carboxylic acids is 1. The summed E-state index contributed by atoms with van der Waals surface area (Å²) in [7, 11) is -3.56. The van der Waals surface area contributed by atoms with Crippen molar-refractivity contribution < 1.29 is 13.2 Å². The average molecular weight is 228 g/mol. The molecule has 5 nitrogen and oxygen atoms in total. The maximum atomic E-state index is 11.0. The van der Waals surface area contributed by atoms with Gasteiger partial charge in [-0.1, -0.05) is 6.07 Å². The predicted molar refractivity (Wildman–Crippen MR) is 55.8 cm³/mol. The molecule has 2 N–H and O–H groups in total. The standard InChI is InChI=1S/C9H12N2O3S/c1-6-8(5-15(10,13)14)3-4-9(11-6)7(2)12/h3-4H,5H2,1-2H3,(H2,10,13,14). The Morgan fingerprint density at radius 3 is 2.47 bits per heavy atom. The van der Waals surface area contributed by atoms with Crippen molar-refractivity contribution >= 4 is 15.8 Å². The van der Waals surface area contributed by atoms with Gasteiger partial charge in [0.25, 0.3) is 0 Å². The summed E-state index contributed by atoms with van der Waals surface area (Å²) in [5.74, 6) is -0.412. The van der Waals surface area contributed by atoms with Crippen LogP contribution < -0.4 is 5.14 Å². The van der Waals surface area contributed by atoms with E-state index in [4.69, 9.17) is 5.14 Å². The van der Waals surface area contributed by atoms with E-state index in [1.807, 2.05) is 0 Å². The number of rotatable bonds is 3. The largest absolute Gasteiger partial charge is 0.293 e. The van der Waals surface area contributed by atoms with E-state index in [-0.39, 0.29) is 11.5 Å². The van der Waals surface area contributed by atoms with Gasteiger partial charge in [-0.05, 0) is 18.6 Å². The predicted octanol–water partition coefficient (Wildman–Crippen LogP) is 0.381. The molecule has 1 rings (SSSR count). The molecule has 0 atom stereocenters. The Kier molecular flexibility index (Phi) is 3.21. The lowest BCUT2D eigenvalue weighted by Crippen LogP contribution is -2.16. The third-order valence-electron chi connectivity index (χ3n) is 1.91.